The summed E-state index contributed by atoms with van der Waals surface area (Å²) in [6, 6.07) is 7.90. The maximum atomic E-state index is 13.1. The van der Waals surface area contributed by atoms with Crippen molar-refractivity contribution in [3.05, 3.63) is 68.9 Å². The molecule has 176 valence electrons. The van der Waals surface area contributed by atoms with E-state index in [1.165, 1.54) is 5.56 Å². The Kier molecular flexibility index (Phi) is 5.65. The highest BCUT2D eigenvalue weighted by Crippen LogP contribution is 2.29. The van der Waals surface area contributed by atoms with E-state index in [1.54, 1.807) is 17.1 Å². The Bertz CT molecular complexity index is 1450. The molecule has 0 atom stereocenters. The van der Waals surface area contributed by atoms with Crippen molar-refractivity contribution in [3.8, 4) is 5.69 Å². The van der Waals surface area contributed by atoms with Crippen molar-refractivity contribution in [1.82, 2.24) is 29.6 Å². The van der Waals surface area contributed by atoms with Crippen LogP contribution in [0.3, 0.4) is 0 Å². The fraction of sp³-hybridized carbons (Fsp3) is 0.360. The van der Waals surface area contributed by atoms with E-state index >= 15 is 0 Å². The summed E-state index contributed by atoms with van der Waals surface area (Å²) in [5.41, 5.74) is 5.25. The van der Waals surface area contributed by atoms with Crippen LogP contribution < -0.4 is 16.2 Å². The summed E-state index contributed by atoms with van der Waals surface area (Å²) >= 11 is 6.53. The SMILES string of the molecule is CCn1c(=O)c2cnc(Nc3cc(Cl)c4c(c3)CCNC4)nc2n1-c1ccnc(C(C)(C)C)c1. The highest BCUT2D eigenvalue weighted by Gasteiger charge is 2.20. The second kappa shape index (κ2) is 8.52. The lowest BCUT2D eigenvalue weighted by molar-refractivity contribution is 0.557. The minimum absolute atomic E-state index is 0.123. The normalized spacial score (nSPS) is 13.8. The number of hydrogen-bond acceptors (Lipinski definition) is 6. The van der Waals surface area contributed by atoms with Gasteiger partial charge in [-0.2, -0.15) is 4.98 Å². The van der Waals surface area contributed by atoms with Crippen LogP contribution >= 0.6 is 11.6 Å². The molecule has 34 heavy (non-hydrogen) atoms. The summed E-state index contributed by atoms with van der Waals surface area (Å²) < 4.78 is 3.53. The number of pyridine rings is 1. The highest BCUT2D eigenvalue weighted by atomic mass is 35.5. The topological polar surface area (TPSA) is 89.7 Å². The van der Waals surface area contributed by atoms with Gasteiger partial charge in [0.1, 0.15) is 5.39 Å². The van der Waals surface area contributed by atoms with E-state index in [2.05, 4.69) is 47.4 Å². The van der Waals surface area contributed by atoms with Gasteiger partial charge in [-0.15, -0.1) is 0 Å². The maximum absolute atomic E-state index is 13.1. The zero-order valence-corrected chi connectivity index (χ0v) is 20.6. The van der Waals surface area contributed by atoms with Gasteiger partial charge in [-0.1, -0.05) is 32.4 Å². The maximum Gasteiger partial charge on any atom is 0.278 e. The Hall–Kier alpha value is -3.23. The molecule has 3 aromatic heterocycles. The Labute approximate surface area is 203 Å². The van der Waals surface area contributed by atoms with Crippen LogP contribution in [0.4, 0.5) is 11.6 Å². The van der Waals surface area contributed by atoms with E-state index in [-0.39, 0.29) is 11.0 Å². The molecule has 1 aromatic carbocycles. The van der Waals surface area contributed by atoms with Gasteiger partial charge in [0, 0.05) is 47.3 Å². The highest BCUT2D eigenvalue weighted by molar-refractivity contribution is 6.31. The van der Waals surface area contributed by atoms with Crippen LogP contribution in [0.25, 0.3) is 16.7 Å². The van der Waals surface area contributed by atoms with Crippen LogP contribution in [0.1, 0.15) is 44.5 Å². The molecule has 0 radical (unpaired) electrons. The first-order chi connectivity index (χ1) is 16.3. The molecule has 0 spiro atoms. The van der Waals surface area contributed by atoms with Crippen LogP contribution in [0.2, 0.25) is 5.02 Å². The van der Waals surface area contributed by atoms with Gasteiger partial charge in [0.2, 0.25) is 5.95 Å². The van der Waals surface area contributed by atoms with E-state index in [1.807, 2.05) is 29.8 Å². The van der Waals surface area contributed by atoms with Gasteiger partial charge < -0.3 is 10.6 Å². The molecule has 4 aromatic rings. The Morgan fingerprint density at radius 2 is 2.03 bits per heavy atom. The van der Waals surface area contributed by atoms with Crippen molar-refractivity contribution in [2.45, 2.75) is 52.6 Å². The monoisotopic (exact) mass is 477 g/mol. The second-order valence-electron chi connectivity index (χ2n) is 9.56. The molecule has 8 nitrogen and oxygen atoms in total. The molecule has 5 rings (SSSR count). The van der Waals surface area contributed by atoms with Crippen molar-refractivity contribution in [2.75, 3.05) is 11.9 Å². The first kappa shape index (κ1) is 22.6. The molecule has 0 saturated heterocycles. The van der Waals surface area contributed by atoms with Crippen LogP contribution in [0, 0.1) is 0 Å². The third-order valence-corrected chi connectivity index (χ3v) is 6.49. The summed E-state index contributed by atoms with van der Waals surface area (Å²) in [4.78, 5) is 26.8. The Balaban J connectivity index is 1.61. The summed E-state index contributed by atoms with van der Waals surface area (Å²) in [7, 11) is 0. The zero-order chi connectivity index (χ0) is 24.0. The summed E-state index contributed by atoms with van der Waals surface area (Å²) in [5, 5.41) is 7.82. The number of rotatable bonds is 4. The molecule has 0 fully saturated rings. The number of fused-ring (bicyclic) bond motifs is 2. The molecule has 1 aliphatic heterocycles. The first-order valence-corrected chi connectivity index (χ1v) is 11.9. The molecule has 0 bridgehead atoms. The molecule has 1 aliphatic rings. The van der Waals surface area contributed by atoms with Gasteiger partial charge >= 0.3 is 0 Å². The van der Waals surface area contributed by atoms with Gasteiger partial charge in [-0.25, -0.2) is 14.3 Å². The first-order valence-electron chi connectivity index (χ1n) is 11.5. The lowest BCUT2D eigenvalue weighted by atomic mass is 9.91. The molecular formula is C25H28ClN7O. The number of halogens is 1. The quantitative estimate of drug-likeness (QED) is 0.454. The number of benzene rings is 1. The van der Waals surface area contributed by atoms with E-state index < -0.39 is 0 Å². The molecule has 0 aliphatic carbocycles. The van der Waals surface area contributed by atoms with Crippen LogP contribution in [-0.4, -0.2) is 30.9 Å². The van der Waals surface area contributed by atoms with Crippen molar-refractivity contribution in [2.24, 2.45) is 0 Å². The lowest BCUT2D eigenvalue weighted by Crippen LogP contribution is -2.24. The number of nitrogens with zero attached hydrogens (tertiary/aromatic N) is 5. The van der Waals surface area contributed by atoms with Crippen LogP contribution in [0.15, 0.2) is 41.5 Å². The van der Waals surface area contributed by atoms with E-state index in [0.717, 1.165) is 42.1 Å². The summed E-state index contributed by atoms with van der Waals surface area (Å²) in [6.45, 7) is 10.5. The van der Waals surface area contributed by atoms with E-state index in [4.69, 9.17) is 16.6 Å². The number of aromatic nitrogens is 5. The van der Waals surface area contributed by atoms with Crippen molar-refractivity contribution in [3.63, 3.8) is 0 Å². The number of nitrogens with one attached hydrogen (secondary N) is 2. The molecular weight excluding hydrogens is 450 g/mol. The molecule has 0 saturated carbocycles. The summed E-state index contributed by atoms with van der Waals surface area (Å²) in [6.07, 6.45) is 4.28. The third kappa shape index (κ3) is 3.97. The summed E-state index contributed by atoms with van der Waals surface area (Å²) in [5.74, 6) is 0.407. The van der Waals surface area contributed by atoms with Gasteiger partial charge in [-0.3, -0.25) is 9.78 Å². The minimum Gasteiger partial charge on any atom is -0.324 e. The van der Waals surface area contributed by atoms with Crippen LogP contribution in [-0.2, 0) is 24.9 Å². The molecule has 9 heteroatoms. The van der Waals surface area contributed by atoms with E-state index in [9.17, 15) is 4.79 Å². The predicted molar refractivity (Wildman–Crippen MR) is 135 cm³/mol. The average Bonchev–Trinajstić information content (AvgIpc) is 3.09. The number of hydrogen-bond donors (Lipinski definition) is 2. The second-order valence-corrected chi connectivity index (χ2v) is 9.97. The molecule has 0 amide bonds. The average molecular weight is 478 g/mol. The minimum atomic E-state index is -0.126. The zero-order valence-electron chi connectivity index (χ0n) is 19.8. The lowest BCUT2D eigenvalue weighted by Gasteiger charge is -2.20. The van der Waals surface area contributed by atoms with Gasteiger partial charge in [-0.05, 0) is 55.3 Å². The smallest absolute Gasteiger partial charge is 0.278 e. The Morgan fingerprint density at radius 3 is 2.79 bits per heavy atom. The third-order valence-electron chi connectivity index (χ3n) is 6.15. The van der Waals surface area contributed by atoms with Gasteiger partial charge in [0.15, 0.2) is 5.65 Å². The standard InChI is InChI=1S/C25H28ClN7O/c1-5-32-23(34)19-14-29-24(30-16-10-15-6-8-27-13-18(15)20(26)11-16)31-22(19)33(32)17-7-9-28-21(12-17)25(2,3)4/h7,9-12,14,27H,5-6,8,13H2,1-4H3,(H,29,30,31). The van der Waals surface area contributed by atoms with Crippen molar-refractivity contribution >= 4 is 34.3 Å². The fourth-order valence-corrected chi connectivity index (χ4v) is 4.66. The number of anilines is 2. The Morgan fingerprint density at radius 1 is 1.21 bits per heavy atom. The van der Waals surface area contributed by atoms with E-state index in [0.29, 0.717) is 28.5 Å². The fourth-order valence-electron chi connectivity index (χ4n) is 4.35. The predicted octanol–water partition coefficient (Wildman–Crippen LogP) is 4.34. The van der Waals surface area contributed by atoms with Crippen LogP contribution in [0.5, 0.6) is 0 Å². The van der Waals surface area contributed by atoms with Crippen molar-refractivity contribution < 1.29 is 0 Å². The van der Waals surface area contributed by atoms with Gasteiger partial charge in [0.25, 0.3) is 5.56 Å². The molecule has 0 unspecified atom stereocenters. The van der Waals surface area contributed by atoms with Crippen molar-refractivity contribution in [1.29, 1.82) is 0 Å². The molecule has 4 heterocycles. The van der Waals surface area contributed by atoms with Gasteiger partial charge in [0.05, 0.1) is 5.69 Å². The molecule has 2 N–H and O–H groups in total. The largest absolute Gasteiger partial charge is 0.324 e.